The Balaban J connectivity index is 1.88. The second kappa shape index (κ2) is 4.21. The van der Waals surface area contributed by atoms with Gasteiger partial charge in [-0.3, -0.25) is 4.79 Å². The van der Waals surface area contributed by atoms with E-state index in [1.54, 1.807) is 0 Å². The number of ether oxygens (including phenoxy) is 1. The molecule has 0 amide bonds. The van der Waals surface area contributed by atoms with Gasteiger partial charge in [-0.25, -0.2) is 0 Å². The van der Waals surface area contributed by atoms with Gasteiger partial charge >= 0.3 is 0 Å². The van der Waals surface area contributed by atoms with Crippen molar-refractivity contribution in [3.8, 4) is 0 Å². The summed E-state index contributed by atoms with van der Waals surface area (Å²) in [6, 6.07) is 10.1. The number of allylic oxidation sites excluding steroid dienone is 3. The van der Waals surface area contributed by atoms with Gasteiger partial charge in [0.25, 0.3) is 0 Å². The molecule has 1 atom stereocenters. The molecule has 0 saturated carbocycles. The number of hydrogen-bond donors (Lipinski definition) is 0. The number of carbonyl (C=O) groups is 1. The molecule has 0 fully saturated rings. The minimum atomic E-state index is -0.0409. The van der Waals surface area contributed by atoms with E-state index in [0.29, 0.717) is 6.42 Å². The zero-order chi connectivity index (χ0) is 11.7. The van der Waals surface area contributed by atoms with Gasteiger partial charge < -0.3 is 4.74 Å². The maximum absolute atomic E-state index is 11.7. The van der Waals surface area contributed by atoms with Crippen molar-refractivity contribution >= 4 is 5.78 Å². The molecule has 1 aliphatic heterocycles. The Hall–Kier alpha value is -1.83. The number of Topliss-reactive ketones (excluding diaryl/α,β-unsaturated/α-hetero) is 1. The molecule has 1 aliphatic carbocycles. The Morgan fingerprint density at radius 1 is 1.12 bits per heavy atom. The maximum Gasteiger partial charge on any atom is 0.166 e. The molecule has 2 heteroatoms. The zero-order valence-corrected chi connectivity index (χ0v) is 9.56. The molecule has 17 heavy (non-hydrogen) atoms. The van der Waals surface area contributed by atoms with Crippen molar-refractivity contribution in [3.05, 3.63) is 59.4 Å². The lowest BCUT2D eigenvalue weighted by Crippen LogP contribution is -2.17. The second-order valence-corrected chi connectivity index (χ2v) is 4.42. The van der Waals surface area contributed by atoms with E-state index in [1.165, 1.54) is 0 Å². The minimum Gasteiger partial charge on any atom is -0.485 e. The average Bonchev–Trinajstić information content (AvgIpc) is 2.40. The van der Waals surface area contributed by atoms with Crippen LogP contribution < -0.4 is 0 Å². The number of ketones is 1. The first-order valence-corrected chi connectivity index (χ1v) is 6.01. The van der Waals surface area contributed by atoms with Crippen molar-refractivity contribution in [2.45, 2.75) is 25.4 Å². The highest BCUT2D eigenvalue weighted by Gasteiger charge is 2.25. The third kappa shape index (κ3) is 1.91. The minimum absolute atomic E-state index is 0.0409. The molecule has 3 rings (SSSR count). The molecular weight excluding hydrogens is 212 g/mol. The van der Waals surface area contributed by atoms with Crippen molar-refractivity contribution in [3.63, 3.8) is 0 Å². The lowest BCUT2D eigenvalue weighted by Gasteiger charge is -2.26. The Labute approximate surface area is 101 Å². The SMILES string of the molecule is O=C1CCCC2=C1C=CC(c1ccccc1)O2. The molecule has 0 spiro atoms. The van der Waals surface area contributed by atoms with Crippen LogP contribution in [-0.4, -0.2) is 5.78 Å². The third-order valence-electron chi connectivity index (χ3n) is 3.24. The Morgan fingerprint density at radius 2 is 1.94 bits per heavy atom. The smallest absolute Gasteiger partial charge is 0.166 e. The van der Waals surface area contributed by atoms with Crippen LogP contribution >= 0.6 is 0 Å². The van der Waals surface area contributed by atoms with Crippen molar-refractivity contribution in [1.29, 1.82) is 0 Å². The maximum atomic E-state index is 11.7. The van der Waals surface area contributed by atoms with E-state index in [1.807, 2.05) is 42.5 Å². The van der Waals surface area contributed by atoms with Crippen molar-refractivity contribution in [2.24, 2.45) is 0 Å². The molecule has 0 radical (unpaired) electrons. The lowest BCUT2D eigenvalue weighted by molar-refractivity contribution is -0.116. The summed E-state index contributed by atoms with van der Waals surface area (Å²) < 4.78 is 5.92. The van der Waals surface area contributed by atoms with Gasteiger partial charge in [-0.1, -0.05) is 30.3 Å². The van der Waals surface area contributed by atoms with Crippen molar-refractivity contribution < 1.29 is 9.53 Å². The predicted octanol–water partition coefficient (Wildman–Crippen LogP) is 3.32. The summed E-state index contributed by atoms with van der Waals surface area (Å²) in [5, 5.41) is 0. The summed E-state index contributed by atoms with van der Waals surface area (Å²) in [4.78, 5) is 11.7. The molecule has 1 aromatic carbocycles. The monoisotopic (exact) mass is 226 g/mol. The normalized spacial score (nSPS) is 23.3. The van der Waals surface area contributed by atoms with E-state index < -0.39 is 0 Å². The summed E-state index contributed by atoms with van der Waals surface area (Å²) in [7, 11) is 0. The molecule has 1 heterocycles. The summed E-state index contributed by atoms with van der Waals surface area (Å²) in [5.41, 5.74) is 1.91. The van der Waals surface area contributed by atoms with Crippen LogP contribution in [0.3, 0.4) is 0 Å². The number of hydrogen-bond acceptors (Lipinski definition) is 2. The van der Waals surface area contributed by atoms with Gasteiger partial charge in [0.1, 0.15) is 11.9 Å². The van der Waals surface area contributed by atoms with Gasteiger partial charge in [0, 0.05) is 12.8 Å². The first-order chi connectivity index (χ1) is 8.34. The third-order valence-corrected chi connectivity index (χ3v) is 3.24. The first kappa shape index (κ1) is 10.3. The first-order valence-electron chi connectivity index (χ1n) is 6.01. The van der Waals surface area contributed by atoms with E-state index in [0.717, 1.165) is 29.7 Å². The van der Waals surface area contributed by atoms with E-state index >= 15 is 0 Å². The number of rotatable bonds is 1. The summed E-state index contributed by atoms with van der Waals surface area (Å²) in [6.45, 7) is 0. The molecule has 1 unspecified atom stereocenters. The second-order valence-electron chi connectivity index (χ2n) is 4.42. The van der Waals surface area contributed by atoms with E-state index in [4.69, 9.17) is 4.74 Å². The lowest BCUT2D eigenvalue weighted by atomic mass is 9.93. The summed E-state index contributed by atoms with van der Waals surface area (Å²) in [5.74, 6) is 1.09. The molecule has 0 bridgehead atoms. The fourth-order valence-corrected chi connectivity index (χ4v) is 2.34. The van der Waals surface area contributed by atoms with Gasteiger partial charge in [0.15, 0.2) is 5.78 Å². The van der Waals surface area contributed by atoms with Crippen molar-refractivity contribution in [2.75, 3.05) is 0 Å². The quantitative estimate of drug-likeness (QED) is 0.734. The van der Waals surface area contributed by atoms with Gasteiger partial charge in [0.2, 0.25) is 0 Å². The molecular formula is C15H14O2. The molecule has 86 valence electrons. The Morgan fingerprint density at radius 3 is 2.76 bits per heavy atom. The highest BCUT2D eigenvalue weighted by Crippen LogP contribution is 2.34. The van der Waals surface area contributed by atoms with E-state index in [-0.39, 0.29) is 11.9 Å². The summed E-state index contributed by atoms with van der Waals surface area (Å²) >= 11 is 0. The standard InChI is InChI=1S/C15H14O2/c16-13-7-4-8-15-12(13)9-10-14(17-15)11-5-2-1-3-6-11/h1-3,5-6,9-10,14H,4,7-8H2. The fraction of sp³-hybridized carbons (Fsp3) is 0.267. The van der Waals surface area contributed by atoms with Crippen LogP contribution in [0.4, 0.5) is 0 Å². The highest BCUT2D eigenvalue weighted by molar-refractivity contribution is 5.99. The van der Waals surface area contributed by atoms with Crippen LogP contribution in [0, 0.1) is 0 Å². The van der Waals surface area contributed by atoms with Crippen LogP contribution in [0.25, 0.3) is 0 Å². The fourth-order valence-electron chi connectivity index (χ4n) is 2.34. The Kier molecular flexibility index (Phi) is 2.56. The summed E-state index contributed by atoms with van der Waals surface area (Å²) in [6.07, 6.45) is 6.31. The molecule has 0 aromatic heterocycles. The number of benzene rings is 1. The molecule has 2 nitrogen and oxygen atoms in total. The van der Waals surface area contributed by atoms with Crippen LogP contribution in [0.15, 0.2) is 53.8 Å². The van der Waals surface area contributed by atoms with Gasteiger partial charge in [-0.2, -0.15) is 0 Å². The van der Waals surface area contributed by atoms with Crippen LogP contribution in [0.1, 0.15) is 30.9 Å². The van der Waals surface area contributed by atoms with Crippen molar-refractivity contribution in [1.82, 2.24) is 0 Å². The van der Waals surface area contributed by atoms with E-state index in [9.17, 15) is 4.79 Å². The molecule has 2 aliphatic rings. The van der Waals surface area contributed by atoms with Crippen LogP contribution in [0.5, 0.6) is 0 Å². The molecule has 1 aromatic rings. The Bertz CT molecular complexity index is 497. The van der Waals surface area contributed by atoms with Gasteiger partial charge in [-0.05, 0) is 24.1 Å². The zero-order valence-electron chi connectivity index (χ0n) is 9.56. The molecule has 0 N–H and O–H groups in total. The topological polar surface area (TPSA) is 26.3 Å². The van der Waals surface area contributed by atoms with Crippen LogP contribution in [0.2, 0.25) is 0 Å². The predicted molar refractivity (Wildman–Crippen MR) is 65.3 cm³/mol. The highest BCUT2D eigenvalue weighted by atomic mass is 16.5. The van der Waals surface area contributed by atoms with Gasteiger partial charge in [-0.15, -0.1) is 0 Å². The molecule has 0 saturated heterocycles. The van der Waals surface area contributed by atoms with Gasteiger partial charge in [0.05, 0.1) is 5.57 Å². The number of carbonyl (C=O) groups excluding carboxylic acids is 1. The van der Waals surface area contributed by atoms with E-state index in [2.05, 4.69) is 0 Å². The average molecular weight is 226 g/mol. The largest absolute Gasteiger partial charge is 0.485 e. The van der Waals surface area contributed by atoms with Crippen LogP contribution in [-0.2, 0) is 9.53 Å².